The summed E-state index contributed by atoms with van der Waals surface area (Å²) < 4.78 is 7.64. The molecule has 0 bridgehead atoms. The Morgan fingerprint density at radius 3 is 2.77 bits per heavy atom. The van der Waals surface area contributed by atoms with Crippen LogP contribution in [0.2, 0.25) is 0 Å². The van der Waals surface area contributed by atoms with Crippen LogP contribution >= 0.6 is 0 Å². The first-order chi connectivity index (χ1) is 12.6. The number of likely N-dealkylation sites (N-methyl/N-ethyl adjacent to an activating group) is 1. The number of nitrogens with zero attached hydrogens (tertiary/aromatic N) is 4. The molecule has 26 heavy (non-hydrogen) atoms. The Morgan fingerprint density at radius 1 is 1.19 bits per heavy atom. The number of ether oxygens (including phenoxy) is 1. The topological polar surface area (TPSA) is 71.8 Å². The van der Waals surface area contributed by atoms with Gasteiger partial charge in [-0.2, -0.15) is 0 Å². The molecule has 7 nitrogen and oxygen atoms in total. The molecule has 1 N–H and O–H groups in total. The summed E-state index contributed by atoms with van der Waals surface area (Å²) in [6, 6.07) is 12.6. The van der Waals surface area contributed by atoms with E-state index in [-0.39, 0.29) is 11.9 Å². The van der Waals surface area contributed by atoms with Crippen LogP contribution in [0.3, 0.4) is 0 Å². The third-order valence-corrected chi connectivity index (χ3v) is 4.00. The number of fused-ring (bicyclic) bond motifs is 1. The zero-order chi connectivity index (χ0) is 18.5. The summed E-state index contributed by atoms with van der Waals surface area (Å²) in [6.45, 7) is 3.18. The Kier molecular flexibility index (Phi) is 5.48. The van der Waals surface area contributed by atoms with E-state index in [1.165, 1.54) is 0 Å². The summed E-state index contributed by atoms with van der Waals surface area (Å²) in [7, 11) is 3.96. The molecule has 0 aliphatic rings. The van der Waals surface area contributed by atoms with Crippen LogP contribution in [-0.4, -0.2) is 52.7 Å². The molecule has 1 amide bonds. The highest BCUT2D eigenvalue weighted by molar-refractivity contribution is 5.97. The first kappa shape index (κ1) is 17.9. The smallest absolute Gasteiger partial charge is 0.255 e. The van der Waals surface area contributed by atoms with E-state index in [4.69, 9.17) is 4.74 Å². The Balaban J connectivity index is 1.73. The third kappa shape index (κ3) is 4.00. The SMILES string of the molecule is CC(NC(=O)c1ccccc1OCCN(C)C)c1nnc2ccccn12. The molecule has 2 aromatic heterocycles. The van der Waals surface area contributed by atoms with Gasteiger partial charge in [0, 0.05) is 12.7 Å². The lowest BCUT2D eigenvalue weighted by Crippen LogP contribution is -2.28. The third-order valence-electron chi connectivity index (χ3n) is 4.00. The molecule has 0 saturated heterocycles. The quantitative estimate of drug-likeness (QED) is 0.705. The predicted octanol–water partition coefficient (Wildman–Crippen LogP) is 2.16. The lowest BCUT2D eigenvalue weighted by molar-refractivity contribution is 0.0933. The van der Waals surface area contributed by atoms with E-state index < -0.39 is 0 Å². The van der Waals surface area contributed by atoms with Gasteiger partial charge in [0.2, 0.25) is 0 Å². The minimum Gasteiger partial charge on any atom is -0.491 e. The van der Waals surface area contributed by atoms with Gasteiger partial charge >= 0.3 is 0 Å². The molecular weight excluding hydrogens is 330 g/mol. The second kappa shape index (κ2) is 7.97. The highest BCUT2D eigenvalue weighted by Crippen LogP contribution is 2.19. The number of benzene rings is 1. The minimum atomic E-state index is -0.297. The van der Waals surface area contributed by atoms with Gasteiger partial charge in [0.15, 0.2) is 11.5 Å². The van der Waals surface area contributed by atoms with Gasteiger partial charge in [0.1, 0.15) is 12.4 Å². The highest BCUT2D eigenvalue weighted by atomic mass is 16.5. The summed E-state index contributed by atoms with van der Waals surface area (Å²) in [5.41, 5.74) is 1.25. The van der Waals surface area contributed by atoms with Crippen molar-refractivity contribution >= 4 is 11.6 Å². The standard InChI is InChI=1S/C19H23N5O2/c1-14(18-22-21-17-10-6-7-11-24(17)18)20-19(25)15-8-4-5-9-16(15)26-13-12-23(2)3/h4-11,14H,12-13H2,1-3H3,(H,20,25). The normalized spacial score (nSPS) is 12.3. The van der Waals surface area contributed by atoms with E-state index in [0.29, 0.717) is 23.7 Å². The fourth-order valence-electron chi connectivity index (χ4n) is 2.61. The van der Waals surface area contributed by atoms with Crippen LogP contribution in [0.15, 0.2) is 48.7 Å². The van der Waals surface area contributed by atoms with Crippen LogP contribution < -0.4 is 10.1 Å². The van der Waals surface area contributed by atoms with Crippen LogP contribution in [-0.2, 0) is 0 Å². The average Bonchev–Trinajstić information content (AvgIpc) is 3.06. The van der Waals surface area contributed by atoms with Crippen molar-refractivity contribution in [3.63, 3.8) is 0 Å². The summed E-state index contributed by atoms with van der Waals surface area (Å²) in [5, 5.41) is 11.3. The monoisotopic (exact) mass is 353 g/mol. The number of carbonyl (C=O) groups excluding carboxylic acids is 1. The number of aromatic nitrogens is 3. The maximum Gasteiger partial charge on any atom is 0.255 e. The zero-order valence-electron chi connectivity index (χ0n) is 15.2. The fourth-order valence-corrected chi connectivity index (χ4v) is 2.61. The van der Waals surface area contributed by atoms with Gasteiger partial charge in [-0.05, 0) is 45.3 Å². The van der Waals surface area contributed by atoms with Crippen molar-refractivity contribution in [2.75, 3.05) is 27.2 Å². The second-order valence-electron chi connectivity index (χ2n) is 6.33. The Morgan fingerprint density at radius 2 is 1.96 bits per heavy atom. The Hall–Kier alpha value is -2.93. The number of carbonyl (C=O) groups is 1. The van der Waals surface area contributed by atoms with Crippen LogP contribution in [0.1, 0.15) is 29.1 Å². The van der Waals surface area contributed by atoms with Gasteiger partial charge in [0.05, 0.1) is 11.6 Å². The van der Waals surface area contributed by atoms with E-state index in [2.05, 4.69) is 15.5 Å². The average molecular weight is 353 g/mol. The molecular formula is C19H23N5O2. The molecule has 1 unspecified atom stereocenters. The van der Waals surface area contributed by atoms with Crippen LogP contribution in [0, 0.1) is 0 Å². The molecule has 0 spiro atoms. The predicted molar refractivity (Wildman–Crippen MR) is 99.4 cm³/mol. The van der Waals surface area contributed by atoms with Crippen LogP contribution in [0.25, 0.3) is 5.65 Å². The second-order valence-corrected chi connectivity index (χ2v) is 6.33. The van der Waals surface area contributed by atoms with Gasteiger partial charge in [-0.3, -0.25) is 9.20 Å². The molecule has 136 valence electrons. The summed E-state index contributed by atoms with van der Waals surface area (Å²) >= 11 is 0. The van der Waals surface area contributed by atoms with Gasteiger partial charge in [-0.15, -0.1) is 10.2 Å². The van der Waals surface area contributed by atoms with Crippen LogP contribution in [0.5, 0.6) is 5.75 Å². The maximum absolute atomic E-state index is 12.7. The number of nitrogens with one attached hydrogen (secondary N) is 1. The molecule has 0 aliphatic heterocycles. The van der Waals surface area contributed by atoms with Gasteiger partial charge in [0.25, 0.3) is 5.91 Å². The highest BCUT2D eigenvalue weighted by Gasteiger charge is 2.19. The molecule has 7 heteroatoms. The first-order valence-electron chi connectivity index (χ1n) is 8.53. The molecule has 3 aromatic rings. The van der Waals surface area contributed by atoms with Crippen molar-refractivity contribution in [2.24, 2.45) is 0 Å². The number of hydrogen-bond acceptors (Lipinski definition) is 5. The van der Waals surface area contributed by atoms with Crippen molar-refractivity contribution < 1.29 is 9.53 Å². The molecule has 0 radical (unpaired) electrons. The van der Waals surface area contributed by atoms with Gasteiger partial charge in [-0.1, -0.05) is 18.2 Å². The zero-order valence-corrected chi connectivity index (χ0v) is 15.2. The largest absolute Gasteiger partial charge is 0.491 e. The van der Waals surface area contributed by atoms with E-state index >= 15 is 0 Å². The lowest BCUT2D eigenvalue weighted by Gasteiger charge is -2.16. The first-order valence-corrected chi connectivity index (χ1v) is 8.53. The van der Waals surface area contributed by atoms with E-state index in [0.717, 1.165) is 12.2 Å². The molecule has 2 heterocycles. The van der Waals surface area contributed by atoms with Crippen molar-refractivity contribution in [2.45, 2.75) is 13.0 Å². The molecule has 0 aliphatic carbocycles. The summed E-state index contributed by atoms with van der Waals surface area (Å²) in [5.74, 6) is 1.05. The van der Waals surface area contributed by atoms with Crippen molar-refractivity contribution in [3.05, 3.63) is 60.0 Å². The Labute approximate surface area is 152 Å². The van der Waals surface area contributed by atoms with Gasteiger partial charge in [-0.25, -0.2) is 0 Å². The lowest BCUT2D eigenvalue weighted by atomic mass is 10.1. The van der Waals surface area contributed by atoms with Crippen molar-refractivity contribution in [3.8, 4) is 5.75 Å². The number of hydrogen-bond donors (Lipinski definition) is 1. The fraction of sp³-hybridized carbons (Fsp3) is 0.316. The summed E-state index contributed by atoms with van der Waals surface area (Å²) in [4.78, 5) is 14.8. The number of rotatable bonds is 7. The summed E-state index contributed by atoms with van der Waals surface area (Å²) in [6.07, 6.45) is 1.88. The van der Waals surface area contributed by atoms with Gasteiger partial charge < -0.3 is 15.0 Å². The number of pyridine rings is 1. The van der Waals surface area contributed by atoms with Crippen molar-refractivity contribution in [1.29, 1.82) is 0 Å². The number of amides is 1. The van der Waals surface area contributed by atoms with E-state index in [9.17, 15) is 4.79 Å². The minimum absolute atomic E-state index is 0.203. The molecule has 3 rings (SSSR count). The van der Waals surface area contributed by atoms with Crippen LogP contribution in [0.4, 0.5) is 0 Å². The Bertz CT molecular complexity index is 890. The maximum atomic E-state index is 12.7. The van der Waals surface area contributed by atoms with E-state index in [1.54, 1.807) is 6.07 Å². The molecule has 1 aromatic carbocycles. The van der Waals surface area contributed by atoms with Crippen molar-refractivity contribution in [1.82, 2.24) is 24.8 Å². The molecule has 0 fully saturated rings. The molecule has 1 atom stereocenters. The number of para-hydroxylation sites is 1. The molecule has 0 saturated carbocycles. The van der Waals surface area contributed by atoms with E-state index in [1.807, 2.05) is 72.9 Å².